The van der Waals surface area contributed by atoms with Gasteiger partial charge in [-0.25, -0.2) is 4.39 Å². The first-order valence-corrected chi connectivity index (χ1v) is 21.7. The lowest BCUT2D eigenvalue weighted by Crippen LogP contribution is -2.47. The molecule has 0 radical (unpaired) electrons. The number of likely N-dealkylation sites (tertiary alicyclic amines) is 2. The number of halogens is 1. The van der Waals surface area contributed by atoms with Crippen LogP contribution in [0.15, 0.2) is 133 Å². The number of hydrogen-bond acceptors (Lipinski definition) is 7. The number of rotatable bonds is 17. The standard InChI is InChI=1S/C50H56FN7O4/c1-3-52-45(37-13-7-5-8-14-37)49(61)57-31-11-17-43(57)47(59)54-40-25-19-35(20-26-40)33-56(42-29-23-39(51)24-30-42)34-36-21-27-41(28-22-36)55-48(60)44-18-12-32-58(44)50(62)46(53-4-2)38-15-9-6-10-16-38/h5-10,13-16,19-30,43-46,52-53H,3-4,11-12,17-18,31-34H2,1-2H3,(H,54,59)(H,55,60)/t43?,44?,45-,46-/m1/s1. The molecule has 2 saturated heterocycles. The van der Waals surface area contributed by atoms with E-state index in [2.05, 4.69) is 26.2 Å². The number of nitrogens with zero attached hydrogens (tertiary/aromatic N) is 3. The van der Waals surface area contributed by atoms with Gasteiger partial charge < -0.3 is 36.0 Å². The number of hydrogen-bond donors (Lipinski definition) is 4. The Morgan fingerprint density at radius 1 is 0.581 bits per heavy atom. The molecule has 12 heteroatoms. The number of carbonyl (C=O) groups is 4. The highest BCUT2D eigenvalue weighted by Crippen LogP contribution is 2.28. The van der Waals surface area contributed by atoms with Gasteiger partial charge in [-0.05, 0) is 110 Å². The van der Waals surface area contributed by atoms with Gasteiger partial charge in [0.05, 0.1) is 0 Å². The van der Waals surface area contributed by atoms with Crippen LogP contribution in [0.4, 0.5) is 21.5 Å². The van der Waals surface area contributed by atoms with E-state index in [0.29, 0.717) is 63.5 Å². The molecule has 11 nitrogen and oxygen atoms in total. The number of anilines is 3. The predicted molar refractivity (Wildman–Crippen MR) is 242 cm³/mol. The van der Waals surface area contributed by atoms with E-state index in [4.69, 9.17) is 0 Å². The van der Waals surface area contributed by atoms with Gasteiger partial charge in [0.2, 0.25) is 23.6 Å². The fourth-order valence-electron chi connectivity index (χ4n) is 8.50. The number of benzene rings is 5. The van der Waals surface area contributed by atoms with E-state index < -0.39 is 24.2 Å². The van der Waals surface area contributed by atoms with Crippen LogP contribution in [0, 0.1) is 5.82 Å². The molecule has 7 rings (SSSR count). The van der Waals surface area contributed by atoms with E-state index in [9.17, 15) is 23.6 Å². The molecule has 0 saturated carbocycles. The zero-order valence-electron chi connectivity index (χ0n) is 35.4. The van der Waals surface area contributed by atoms with Crippen molar-refractivity contribution in [3.63, 3.8) is 0 Å². The average Bonchev–Trinajstić information content (AvgIpc) is 4.01. The quantitative estimate of drug-likeness (QED) is 0.0761. The molecular weight excluding hydrogens is 782 g/mol. The third kappa shape index (κ3) is 10.7. The summed E-state index contributed by atoms with van der Waals surface area (Å²) in [6.45, 7) is 7.20. The highest BCUT2D eigenvalue weighted by atomic mass is 19.1. The summed E-state index contributed by atoms with van der Waals surface area (Å²) in [5, 5.41) is 12.7. The maximum atomic E-state index is 14.0. The topological polar surface area (TPSA) is 126 Å². The normalized spacial score (nSPS) is 17.0. The smallest absolute Gasteiger partial charge is 0.247 e. The van der Waals surface area contributed by atoms with Gasteiger partial charge in [-0.3, -0.25) is 19.2 Å². The van der Waals surface area contributed by atoms with E-state index in [1.54, 1.807) is 21.9 Å². The maximum Gasteiger partial charge on any atom is 0.247 e. The Balaban J connectivity index is 0.978. The van der Waals surface area contributed by atoms with Gasteiger partial charge in [-0.2, -0.15) is 0 Å². The second kappa shape index (κ2) is 20.9. The third-order valence-corrected chi connectivity index (χ3v) is 11.6. The largest absolute Gasteiger partial charge is 0.363 e. The average molecular weight is 838 g/mol. The van der Waals surface area contributed by atoms with Crippen LogP contribution in [0.2, 0.25) is 0 Å². The Labute approximate surface area is 363 Å². The van der Waals surface area contributed by atoms with Crippen molar-refractivity contribution >= 4 is 40.7 Å². The summed E-state index contributed by atoms with van der Waals surface area (Å²) in [5.74, 6) is -0.960. The summed E-state index contributed by atoms with van der Waals surface area (Å²) in [4.78, 5) is 60.3. The van der Waals surface area contributed by atoms with E-state index in [-0.39, 0.29) is 29.4 Å². The van der Waals surface area contributed by atoms with E-state index in [1.807, 2.05) is 123 Å². The van der Waals surface area contributed by atoms with Gasteiger partial charge in [0.1, 0.15) is 30.0 Å². The van der Waals surface area contributed by atoms with E-state index in [1.165, 1.54) is 12.1 Å². The Bertz CT molecular complexity index is 2120. The van der Waals surface area contributed by atoms with Crippen LogP contribution in [0.5, 0.6) is 0 Å². The molecule has 5 aromatic rings. The summed E-state index contributed by atoms with van der Waals surface area (Å²) in [7, 11) is 0. The lowest BCUT2D eigenvalue weighted by molar-refractivity contribution is -0.138. The predicted octanol–water partition coefficient (Wildman–Crippen LogP) is 7.59. The van der Waals surface area contributed by atoms with Crippen LogP contribution >= 0.6 is 0 Å². The second-order valence-corrected chi connectivity index (χ2v) is 15.9. The van der Waals surface area contributed by atoms with Crippen molar-refractivity contribution in [2.45, 2.75) is 76.8 Å². The molecule has 2 fully saturated rings. The van der Waals surface area contributed by atoms with E-state index in [0.717, 1.165) is 40.8 Å². The minimum atomic E-state index is -0.567. The van der Waals surface area contributed by atoms with Crippen LogP contribution in [0.1, 0.15) is 73.9 Å². The Morgan fingerprint density at radius 3 is 1.37 bits per heavy atom. The minimum absolute atomic E-state index is 0.104. The molecule has 4 amide bonds. The van der Waals surface area contributed by atoms with Gasteiger partial charge in [-0.15, -0.1) is 0 Å². The molecule has 5 aromatic carbocycles. The Hall–Kier alpha value is -6.37. The van der Waals surface area contributed by atoms with Crippen molar-refractivity contribution in [1.82, 2.24) is 20.4 Å². The van der Waals surface area contributed by atoms with E-state index >= 15 is 0 Å². The minimum Gasteiger partial charge on any atom is -0.363 e. The molecule has 2 unspecified atom stereocenters. The van der Waals surface area contributed by atoms with Crippen molar-refractivity contribution in [3.05, 3.63) is 162 Å². The van der Waals surface area contributed by atoms with Crippen molar-refractivity contribution in [1.29, 1.82) is 0 Å². The first-order valence-electron chi connectivity index (χ1n) is 21.7. The molecule has 0 aromatic heterocycles. The summed E-state index contributed by atoms with van der Waals surface area (Å²) in [6.07, 6.45) is 2.69. The van der Waals surface area contributed by atoms with Crippen LogP contribution in [-0.4, -0.2) is 71.7 Å². The molecule has 62 heavy (non-hydrogen) atoms. The van der Waals surface area contributed by atoms with Crippen molar-refractivity contribution in [3.8, 4) is 0 Å². The van der Waals surface area contributed by atoms with Crippen LogP contribution in [0.25, 0.3) is 0 Å². The lowest BCUT2D eigenvalue weighted by Gasteiger charge is -2.29. The molecule has 0 aliphatic carbocycles. The third-order valence-electron chi connectivity index (χ3n) is 11.6. The summed E-state index contributed by atoms with van der Waals surface area (Å²) in [6, 6.07) is 38.7. The monoisotopic (exact) mass is 837 g/mol. The van der Waals surface area contributed by atoms with Crippen molar-refractivity contribution in [2.24, 2.45) is 0 Å². The molecule has 2 aliphatic rings. The number of carbonyl (C=O) groups excluding carboxylic acids is 4. The highest BCUT2D eigenvalue weighted by molar-refractivity contribution is 5.99. The zero-order valence-corrected chi connectivity index (χ0v) is 35.4. The summed E-state index contributed by atoms with van der Waals surface area (Å²) in [5.41, 5.74) is 5.79. The van der Waals surface area contributed by atoms with Crippen LogP contribution in [0.3, 0.4) is 0 Å². The molecule has 2 aliphatic heterocycles. The Kier molecular flexibility index (Phi) is 14.8. The molecule has 0 spiro atoms. The molecule has 2 heterocycles. The first kappa shape index (κ1) is 43.7. The fraction of sp³-hybridized carbons (Fsp3) is 0.320. The SMILES string of the molecule is CCN[C@@H](C(=O)N1CCCC1C(=O)Nc1ccc(CN(Cc2ccc(NC(=O)C3CCCN3C(=O)[C@H](NCC)c3ccccc3)cc2)c2ccc(F)cc2)cc1)c1ccccc1. The van der Waals surface area contributed by atoms with Gasteiger partial charge in [0, 0.05) is 43.2 Å². The summed E-state index contributed by atoms with van der Waals surface area (Å²) >= 11 is 0. The number of likely N-dealkylation sites (N-methyl/N-ethyl adjacent to an activating group) is 2. The molecule has 4 N–H and O–H groups in total. The van der Waals surface area contributed by atoms with Crippen LogP contribution < -0.4 is 26.2 Å². The maximum absolute atomic E-state index is 14.0. The number of nitrogens with one attached hydrogen (secondary N) is 4. The Morgan fingerprint density at radius 2 is 0.984 bits per heavy atom. The lowest BCUT2D eigenvalue weighted by atomic mass is 10.0. The van der Waals surface area contributed by atoms with Gasteiger partial charge in [-0.1, -0.05) is 98.8 Å². The first-order chi connectivity index (χ1) is 30.2. The van der Waals surface area contributed by atoms with Crippen molar-refractivity contribution in [2.75, 3.05) is 41.7 Å². The summed E-state index contributed by atoms with van der Waals surface area (Å²) < 4.78 is 14.0. The van der Waals surface area contributed by atoms with Gasteiger partial charge in [0.15, 0.2) is 0 Å². The highest BCUT2D eigenvalue weighted by Gasteiger charge is 2.39. The zero-order chi connectivity index (χ0) is 43.4. The van der Waals surface area contributed by atoms with Gasteiger partial charge >= 0.3 is 0 Å². The molecule has 0 bridgehead atoms. The number of amides is 4. The van der Waals surface area contributed by atoms with Gasteiger partial charge in [0.25, 0.3) is 0 Å². The molecule has 4 atom stereocenters. The van der Waals surface area contributed by atoms with Crippen LogP contribution in [-0.2, 0) is 32.3 Å². The molecule has 322 valence electrons. The molecular formula is C50H56FN7O4. The second-order valence-electron chi connectivity index (χ2n) is 15.9. The van der Waals surface area contributed by atoms with Crippen molar-refractivity contribution < 1.29 is 23.6 Å². The fourth-order valence-corrected chi connectivity index (χ4v) is 8.50.